The monoisotopic (exact) mass is 292 g/mol. The fourth-order valence-electron chi connectivity index (χ4n) is 1.42. The van der Waals surface area contributed by atoms with Crippen molar-refractivity contribution < 1.29 is 13.2 Å². The molecular weight excluding hydrogens is 272 g/mol. The summed E-state index contributed by atoms with van der Waals surface area (Å²) < 4.78 is 30.1. The van der Waals surface area contributed by atoms with Crippen LogP contribution in [0.1, 0.15) is 37.1 Å². The van der Waals surface area contributed by atoms with Gasteiger partial charge in [0, 0.05) is 19.5 Å². The molecule has 0 unspecified atom stereocenters. The van der Waals surface area contributed by atoms with Crippen molar-refractivity contribution in [2.75, 3.05) is 19.9 Å². The van der Waals surface area contributed by atoms with Crippen molar-refractivity contribution in [1.82, 2.24) is 9.29 Å². The third-order valence-corrected chi connectivity index (χ3v) is 5.65. The molecule has 0 aliphatic heterocycles. The van der Waals surface area contributed by atoms with Crippen molar-refractivity contribution in [3.63, 3.8) is 0 Å². The van der Waals surface area contributed by atoms with Crippen molar-refractivity contribution in [1.29, 1.82) is 0 Å². The van der Waals surface area contributed by atoms with Gasteiger partial charge in [0.05, 0.1) is 18.0 Å². The fourth-order valence-corrected chi connectivity index (χ4v) is 3.42. The largest absolute Gasteiger partial charge is 0.375 e. The maximum atomic E-state index is 11.8. The van der Waals surface area contributed by atoms with E-state index in [1.165, 1.54) is 15.6 Å². The topological polar surface area (TPSA) is 59.5 Å². The second kappa shape index (κ2) is 6.60. The maximum Gasteiger partial charge on any atom is 0.214 e. The van der Waals surface area contributed by atoms with E-state index in [1.54, 1.807) is 14.2 Å². The maximum absolute atomic E-state index is 11.8. The number of hydrogen-bond donors (Lipinski definition) is 0. The van der Waals surface area contributed by atoms with Crippen LogP contribution in [0.25, 0.3) is 0 Å². The summed E-state index contributed by atoms with van der Waals surface area (Å²) >= 11 is 1.49. The highest BCUT2D eigenvalue weighted by Gasteiger charge is 2.18. The number of rotatable bonds is 7. The van der Waals surface area contributed by atoms with E-state index in [4.69, 9.17) is 4.74 Å². The van der Waals surface area contributed by atoms with Crippen molar-refractivity contribution in [2.45, 2.75) is 32.9 Å². The molecule has 0 amide bonds. The third kappa shape index (κ3) is 4.01. The molecule has 7 heteroatoms. The summed E-state index contributed by atoms with van der Waals surface area (Å²) in [5.74, 6) is 0.176. The van der Waals surface area contributed by atoms with E-state index < -0.39 is 10.0 Å². The minimum absolute atomic E-state index is 0.0543. The molecule has 1 rings (SSSR count). The second-order valence-electron chi connectivity index (χ2n) is 4.13. The fraction of sp³-hybridized carbons (Fsp3) is 0.727. The molecule has 0 aromatic carbocycles. The van der Waals surface area contributed by atoms with E-state index in [9.17, 15) is 8.42 Å². The predicted octanol–water partition coefficient (Wildman–Crippen LogP) is 2.02. The first-order chi connectivity index (χ1) is 8.40. The van der Waals surface area contributed by atoms with Gasteiger partial charge >= 0.3 is 0 Å². The molecule has 1 aromatic rings. The van der Waals surface area contributed by atoms with Crippen molar-refractivity contribution in [3.8, 4) is 0 Å². The average Bonchev–Trinajstić information content (AvgIpc) is 2.76. The number of sulfonamides is 1. The molecule has 0 aliphatic rings. The summed E-state index contributed by atoms with van der Waals surface area (Å²) in [4.78, 5) is 4.38. The standard InChI is InChI=1S/C11H20N2O3S2/c1-5-6-18(14,15)13(3)7-10-8-17-11(12-10)9(2)16-4/h8-9H,5-7H2,1-4H3/t9-/m0/s1. The van der Waals surface area contributed by atoms with Crippen LogP contribution in [0.15, 0.2) is 5.38 Å². The lowest BCUT2D eigenvalue weighted by molar-refractivity contribution is 0.119. The highest BCUT2D eigenvalue weighted by atomic mass is 32.2. The lowest BCUT2D eigenvalue weighted by atomic mass is 10.4. The number of methoxy groups -OCH3 is 1. The lowest BCUT2D eigenvalue weighted by Gasteiger charge is -2.15. The normalized spacial score (nSPS) is 14.1. The average molecular weight is 292 g/mol. The van der Waals surface area contributed by atoms with E-state index in [1.807, 2.05) is 19.2 Å². The Morgan fingerprint density at radius 3 is 2.78 bits per heavy atom. The Morgan fingerprint density at radius 2 is 2.22 bits per heavy atom. The molecule has 1 aromatic heterocycles. The summed E-state index contributed by atoms with van der Waals surface area (Å²) in [5.41, 5.74) is 0.765. The van der Waals surface area contributed by atoms with Crippen LogP contribution in [0.3, 0.4) is 0 Å². The van der Waals surface area contributed by atoms with Crippen LogP contribution in [-0.4, -0.2) is 37.6 Å². The van der Waals surface area contributed by atoms with Crippen molar-refractivity contribution in [3.05, 3.63) is 16.1 Å². The van der Waals surface area contributed by atoms with Crippen LogP contribution in [-0.2, 0) is 21.3 Å². The van der Waals surface area contributed by atoms with Gasteiger partial charge in [0.1, 0.15) is 11.1 Å². The number of ether oxygens (including phenoxy) is 1. The SMILES string of the molecule is CCCS(=O)(=O)N(C)Cc1csc([C@H](C)OC)n1. The molecule has 18 heavy (non-hydrogen) atoms. The molecule has 1 heterocycles. The highest BCUT2D eigenvalue weighted by Crippen LogP contribution is 2.21. The van der Waals surface area contributed by atoms with Crippen LogP contribution in [0.5, 0.6) is 0 Å². The van der Waals surface area contributed by atoms with Gasteiger partial charge in [-0.05, 0) is 13.3 Å². The predicted molar refractivity (Wildman–Crippen MR) is 73.1 cm³/mol. The van der Waals surface area contributed by atoms with Gasteiger partial charge in [0.15, 0.2) is 0 Å². The minimum atomic E-state index is -3.16. The van der Waals surface area contributed by atoms with E-state index in [-0.39, 0.29) is 11.9 Å². The molecule has 0 spiro atoms. The zero-order chi connectivity index (χ0) is 13.8. The van der Waals surface area contributed by atoms with Gasteiger partial charge in [0.2, 0.25) is 10.0 Å². The molecular formula is C11H20N2O3S2. The number of nitrogens with zero attached hydrogens (tertiary/aromatic N) is 2. The first-order valence-electron chi connectivity index (χ1n) is 5.81. The Kier molecular flexibility index (Phi) is 5.71. The Morgan fingerprint density at radius 1 is 1.56 bits per heavy atom. The van der Waals surface area contributed by atoms with Gasteiger partial charge in [-0.15, -0.1) is 11.3 Å². The van der Waals surface area contributed by atoms with Crippen LogP contribution >= 0.6 is 11.3 Å². The smallest absolute Gasteiger partial charge is 0.214 e. The number of thiazole rings is 1. The summed E-state index contributed by atoms with van der Waals surface area (Å²) in [6.45, 7) is 4.09. The van der Waals surface area contributed by atoms with Crippen molar-refractivity contribution >= 4 is 21.4 Å². The van der Waals surface area contributed by atoms with E-state index >= 15 is 0 Å². The van der Waals surface area contributed by atoms with Gasteiger partial charge in [-0.25, -0.2) is 13.4 Å². The summed E-state index contributed by atoms with van der Waals surface area (Å²) in [6, 6.07) is 0. The minimum Gasteiger partial charge on any atom is -0.375 e. The summed E-state index contributed by atoms with van der Waals surface area (Å²) in [5, 5.41) is 2.75. The van der Waals surface area contributed by atoms with Gasteiger partial charge < -0.3 is 4.74 Å². The van der Waals surface area contributed by atoms with Gasteiger partial charge in [0.25, 0.3) is 0 Å². The van der Waals surface area contributed by atoms with Crippen LogP contribution < -0.4 is 0 Å². The van der Waals surface area contributed by atoms with Gasteiger partial charge in [-0.1, -0.05) is 6.92 Å². The van der Waals surface area contributed by atoms with Crippen LogP contribution in [0, 0.1) is 0 Å². The second-order valence-corrected chi connectivity index (χ2v) is 7.21. The van der Waals surface area contributed by atoms with E-state index in [2.05, 4.69) is 4.98 Å². The van der Waals surface area contributed by atoms with Crippen molar-refractivity contribution in [2.24, 2.45) is 0 Å². The summed E-state index contributed by atoms with van der Waals surface area (Å²) in [6.07, 6.45) is 0.566. The molecule has 0 saturated carbocycles. The quantitative estimate of drug-likeness (QED) is 0.771. The zero-order valence-corrected chi connectivity index (χ0v) is 12.8. The zero-order valence-electron chi connectivity index (χ0n) is 11.2. The van der Waals surface area contributed by atoms with E-state index in [0.29, 0.717) is 13.0 Å². The summed E-state index contributed by atoms with van der Waals surface area (Å²) in [7, 11) is 0.0572. The molecule has 0 fully saturated rings. The molecule has 5 nitrogen and oxygen atoms in total. The number of hydrogen-bond acceptors (Lipinski definition) is 5. The Hall–Kier alpha value is -0.500. The Labute approximate surface area is 113 Å². The Bertz CT molecular complexity index is 470. The van der Waals surface area contributed by atoms with Gasteiger partial charge in [-0.2, -0.15) is 4.31 Å². The molecule has 1 atom stereocenters. The molecule has 0 aliphatic carbocycles. The lowest BCUT2D eigenvalue weighted by Crippen LogP contribution is -2.28. The van der Waals surface area contributed by atoms with Gasteiger partial charge in [-0.3, -0.25) is 0 Å². The third-order valence-electron chi connectivity index (χ3n) is 2.59. The van der Waals surface area contributed by atoms with E-state index in [0.717, 1.165) is 10.7 Å². The molecule has 0 bridgehead atoms. The molecule has 0 saturated heterocycles. The molecule has 0 N–H and O–H groups in total. The van der Waals surface area contributed by atoms with Crippen LogP contribution in [0.2, 0.25) is 0 Å². The Balaban J connectivity index is 2.71. The van der Waals surface area contributed by atoms with Crippen LogP contribution in [0.4, 0.5) is 0 Å². The molecule has 104 valence electrons. The molecule has 0 radical (unpaired) electrons. The highest BCUT2D eigenvalue weighted by molar-refractivity contribution is 7.89. The first kappa shape index (κ1) is 15.6. The number of aromatic nitrogens is 1. The first-order valence-corrected chi connectivity index (χ1v) is 8.30.